The SMILES string of the molecule is CC[C@H](OC)[C@@H](C)[C@H]1O[C@@H]1[C@H](O)[C@H](C)C=CC=C(C)[C@H]1OC(=O)C[C@H](O)CC[C@@](C)(O)[C@@H](OC(C)=O)C=C[C@@H]1C. The molecule has 2 aliphatic heterocycles. The van der Waals surface area contributed by atoms with E-state index in [9.17, 15) is 24.9 Å². The smallest absolute Gasteiger partial charge is 0.309 e. The number of carbonyl (C=O) groups excluding carboxylic acids is 2. The Morgan fingerprint density at radius 2 is 1.93 bits per heavy atom. The van der Waals surface area contributed by atoms with Gasteiger partial charge in [0.25, 0.3) is 0 Å². The molecule has 2 rings (SSSR count). The maximum atomic E-state index is 12.6. The zero-order valence-corrected chi connectivity index (χ0v) is 25.3. The van der Waals surface area contributed by atoms with E-state index in [1.165, 1.54) is 6.92 Å². The first kappa shape index (κ1) is 34.2. The second-order valence-electron chi connectivity index (χ2n) is 11.7. The summed E-state index contributed by atoms with van der Waals surface area (Å²) in [6.07, 6.45) is 6.42. The maximum absolute atomic E-state index is 12.6. The number of hydrogen-bond acceptors (Lipinski definition) is 9. The van der Waals surface area contributed by atoms with E-state index in [-0.39, 0.29) is 55.3 Å². The van der Waals surface area contributed by atoms with Crippen LogP contribution in [0.3, 0.4) is 0 Å². The summed E-state index contributed by atoms with van der Waals surface area (Å²) in [5, 5.41) is 32.2. The van der Waals surface area contributed by atoms with Crippen molar-refractivity contribution in [3.8, 4) is 0 Å². The van der Waals surface area contributed by atoms with Crippen molar-refractivity contribution in [3.05, 3.63) is 36.0 Å². The number of carbonyl (C=O) groups is 2. The fourth-order valence-electron chi connectivity index (χ4n) is 5.32. The van der Waals surface area contributed by atoms with Crippen LogP contribution in [0.25, 0.3) is 0 Å². The quantitative estimate of drug-likeness (QED) is 0.157. The summed E-state index contributed by atoms with van der Waals surface area (Å²) in [5.41, 5.74) is -0.666. The largest absolute Gasteiger partial charge is 0.457 e. The van der Waals surface area contributed by atoms with Crippen molar-refractivity contribution in [2.24, 2.45) is 17.8 Å². The summed E-state index contributed by atoms with van der Waals surface area (Å²) in [7, 11) is 1.69. The van der Waals surface area contributed by atoms with Crippen LogP contribution in [0.4, 0.5) is 0 Å². The zero-order valence-electron chi connectivity index (χ0n) is 25.3. The Morgan fingerprint density at radius 1 is 1.25 bits per heavy atom. The van der Waals surface area contributed by atoms with Crippen molar-refractivity contribution < 1.29 is 43.9 Å². The van der Waals surface area contributed by atoms with E-state index in [2.05, 4.69) is 13.8 Å². The molecule has 0 unspecified atom stereocenters. The summed E-state index contributed by atoms with van der Waals surface area (Å²) in [4.78, 5) is 24.3. The van der Waals surface area contributed by atoms with Crippen molar-refractivity contribution in [1.29, 1.82) is 0 Å². The number of cyclic esters (lactones) is 1. The molecule has 0 aromatic rings. The molecule has 9 nitrogen and oxygen atoms in total. The van der Waals surface area contributed by atoms with Crippen molar-refractivity contribution >= 4 is 11.9 Å². The lowest BCUT2D eigenvalue weighted by Gasteiger charge is -2.32. The number of aliphatic hydroxyl groups is 3. The summed E-state index contributed by atoms with van der Waals surface area (Å²) < 4.78 is 22.5. The van der Waals surface area contributed by atoms with Gasteiger partial charge in [-0.2, -0.15) is 0 Å². The predicted octanol–water partition coefficient (Wildman–Crippen LogP) is 3.65. The first-order chi connectivity index (χ1) is 18.7. The zero-order chi connectivity index (χ0) is 30.2. The van der Waals surface area contributed by atoms with Gasteiger partial charge in [-0.15, -0.1) is 0 Å². The van der Waals surface area contributed by atoms with Crippen molar-refractivity contribution in [1.82, 2.24) is 0 Å². The molecule has 0 saturated carbocycles. The number of ether oxygens (including phenoxy) is 4. The molecule has 228 valence electrons. The molecule has 1 fully saturated rings. The van der Waals surface area contributed by atoms with Gasteiger partial charge >= 0.3 is 11.9 Å². The van der Waals surface area contributed by atoms with Gasteiger partial charge in [-0.3, -0.25) is 9.59 Å². The van der Waals surface area contributed by atoms with Crippen LogP contribution in [-0.4, -0.2) is 82.7 Å². The monoisotopic (exact) mass is 566 g/mol. The molecule has 11 atom stereocenters. The lowest BCUT2D eigenvalue weighted by molar-refractivity contribution is -0.157. The van der Waals surface area contributed by atoms with Crippen LogP contribution in [-0.2, 0) is 28.5 Å². The highest BCUT2D eigenvalue weighted by atomic mass is 16.6. The van der Waals surface area contributed by atoms with Gasteiger partial charge in [0.1, 0.15) is 23.9 Å². The molecule has 0 spiro atoms. The number of methoxy groups -OCH3 is 1. The number of hydrogen-bond donors (Lipinski definition) is 3. The van der Waals surface area contributed by atoms with Gasteiger partial charge < -0.3 is 34.3 Å². The van der Waals surface area contributed by atoms with E-state index in [0.29, 0.717) is 0 Å². The maximum Gasteiger partial charge on any atom is 0.309 e. The van der Waals surface area contributed by atoms with E-state index >= 15 is 0 Å². The molecule has 1 saturated heterocycles. The molecule has 40 heavy (non-hydrogen) atoms. The van der Waals surface area contributed by atoms with Crippen LogP contribution in [0.1, 0.15) is 74.1 Å². The summed E-state index contributed by atoms with van der Waals surface area (Å²) >= 11 is 0. The van der Waals surface area contributed by atoms with Gasteiger partial charge in [0.15, 0.2) is 0 Å². The highest BCUT2D eigenvalue weighted by Crippen LogP contribution is 2.37. The normalized spacial score (nSPS) is 35.2. The van der Waals surface area contributed by atoms with Crippen molar-refractivity contribution in [2.75, 3.05) is 7.11 Å². The molecule has 2 aliphatic rings. The van der Waals surface area contributed by atoms with Gasteiger partial charge in [0, 0.05) is 31.8 Å². The Balaban J connectivity index is 2.16. The van der Waals surface area contributed by atoms with Gasteiger partial charge in [0.05, 0.1) is 30.8 Å². The second kappa shape index (κ2) is 15.3. The van der Waals surface area contributed by atoms with E-state index in [1.807, 2.05) is 39.0 Å². The Kier molecular flexibility index (Phi) is 13.0. The third kappa shape index (κ3) is 9.80. The minimum atomic E-state index is -1.42. The van der Waals surface area contributed by atoms with Gasteiger partial charge in [-0.25, -0.2) is 0 Å². The number of allylic oxidation sites excluding steroid dienone is 2. The van der Waals surface area contributed by atoms with Gasteiger partial charge in [0.2, 0.25) is 0 Å². The average molecular weight is 567 g/mol. The average Bonchev–Trinajstić information content (AvgIpc) is 3.68. The minimum absolute atomic E-state index is 0.0387. The lowest BCUT2D eigenvalue weighted by Crippen LogP contribution is -2.42. The number of esters is 2. The van der Waals surface area contributed by atoms with Crippen molar-refractivity contribution in [2.45, 2.75) is 122 Å². The first-order valence-electron chi connectivity index (χ1n) is 14.4. The molecular weight excluding hydrogens is 516 g/mol. The number of epoxide rings is 1. The van der Waals surface area contributed by atoms with Gasteiger partial charge in [-0.05, 0) is 44.8 Å². The second-order valence-corrected chi connectivity index (χ2v) is 11.7. The van der Waals surface area contributed by atoms with Crippen LogP contribution in [0.5, 0.6) is 0 Å². The van der Waals surface area contributed by atoms with Crippen LogP contribution in [0.2, 0.25) is 0 Å². The van der Waals surface area contributed by atoms with Crippen LogP contribution < -0.4 is 0 Å². The van der Waals surface area contributed by atoms with Crippen LogP contribution in [0.15, 0.2) is 36.0 Å². The van der Waals surface area contributed by atoms with Crippen LogP contribution >= 0.6 is 0 Å². The molecule has 0 aliphatic carbocycles. The Hall–Kier alpha value is -2.04. The lowest BCUT2D eigenvalue weighted by atomic mass is 9.88. The minimum Gasteiger partial charge on any atom is -0.457 e. The molecule has 0 bridgehead atoms. The summed E-state index contributed by atoms with van der Waals surface area (Å²) in [6.45, 7) is 12.6. The fraction of sp³-hybridized carbons (Fsp3) is 0.742. The van der Waals surface area contributed by atoms with E-state index in [0.717, 1.165) is 12.0 Å². The predicted molar refractivity (Wildman–Crippen MR) is 151 cm³/mol. The van der Waals surface area contributed by atoms with Gasteiger partial charge in [-0.1, -0.05) is 52.0 Å². The third-order valence-corrected chi connectivity index (χ3v) is 8.09. The molecule has 0 amide bonds. The summed E-state index contributed by atoms with van der Waals surface area (Å²) in [6, 6.07) is 0. The van der Waals surface area contributed by atoms with E-state index < -0.39 is 42.0 Å². The number of aliphatic hydroxyl groups excluding tert-OH is 2. The van der Waals surface area contributed by atoms with E-state index in [4.69, 9.17) is 18.9 Å². The molecule has 0 aromatic heterocycles. The fourth-order valence-corrected chi connectivity index (χ4v) is 5.32. The standard InChI is InChI=1S/C31H50O9/c1-9-24(37-8)21(5)29-30(40-29)27(35)18(2)11-10-12-19(3)28-20(4)13-14-25(38-22(6)32)31(7,36)16-15-23(33)17-26(34)39-28/h10-14,18,20-21,23-25,27-30,33,35-36H,9,15-17H2,1-8H3/t18-,20+,21-,23-,24+,25+,27-,28-,29-,30-,31-/m1/s1. The molecule has 0 radical (unpaired) electrons. The van der Waals surface area contributed by atoms with E-state index in [1.54, 1.807) is 26.2 Å². The third-order valence-electron chi connectivity index (χ3n) is 8.09. The highest BCUT2D eigenvalue weighted by molar-refractivity contribution is 5.70. The first-order valence-corrected chi connectivity index (χ1v) is 14.4. The highest BCUT2D eigenvalue weighted by Gasteiger charge is 2.50. The molecular formula is C31H50O9. The molecule has 0 aromatic carbocycles. The number of rotatable bonds is 10. The summed E-state index contributed by atoms with van der Waals surface area (Å²) in [5.74, 6) is -1.39. The molecule has 2 heterocycles. The Labute approximate surface area is 239 Å². The molecule has 3 N–H and O–H groups in total. The topological polar surface area (TPSA) is 135 Å². The Bertz CT molecular complexity index is 920. The van der Waals surface area contributed by atoms with Crippen LogP contribution in [0, 0.1) is 17.8 Å². The van der Waals surface area contributed by atoms with Crippen molar-refractivity contribution in [3.63, 3.8) is 0 Å². The Morgan fingerprint density at radius 3 is 2.52 bits per heavy atom. The molecule has 9 heteroatoms.